The number of rotatable bonds is 8. The van der Waals surface area contributed by atoms with E-state index in [0.717, 1.165) is 19.5 Å². The third kappa shape index (κ3) is 5.11. The van der Waals surface area contributed by atoms with Crippen molar-refractivity contribution in [3.05, 3.63) is 18.0 Å². The predicted octanol–water partition coefficient (Wildman–Crippen LogP) is 2.99. The van der Waals surface area contributed by atoms with Gasteiger partial charge in [-0.15, -0.1) is 0 Å². The zero-order valence-electron chi connectivity index (χ0n) is 13.7. The van der Waals surface area contributed by atoms with Crippen LogP contribution in [0.15, 0.2) is 12.4 Å². The number of hydrogen-bond acceptors (Lipinski definition) is 3. The summed E-state index contributed by atoms with van der Waals surface area (Å²) in [6, 6.07) is 0.400. The molecular formula is C17H31N3O. The number of aromatic nitrogens is 2. The summed E-state index contributed by atoms with van der Waals surface area (Å²) in [6.07, 6.45) is 12.2. The molecule has 2 atom stereocenters. The molecule has 2 rings (SSSR count). The first-order chi connectivity index (χ1) is 10.2. The lowest BCUT2D eigenvalue weighted by Crippen LogP contribution is -2.46. The second-order valence-electron chi connectivity index (χ2n) is 6.42. The number of piperidine rings is 1. The molecule has 1 aliphatic rings. The van der Waals surface area contributed by atoms with Gasteiger partial charge < -0.3 is 5.11 Å². The van der Waals surface area contributed by atoms with Crippen molar-refractivity contribution in [2.75, 3.05) is 13.1 Å². The maximum Gasteiger partial charge on any atom is 0.0692 e. The highest BCUT2D eigenvalue weighted by Gasteiger charge is 2.26. The van der Waals surface area contributed by atoms with Crippen LogP contribution in [0.4, 0.5) is 0 Å². The molecule has 2 unspecified atom stereocenters. The Morgan fingerprint density at radius 1 is 1.29 bits per heavy atom. The summed E-state index contributed by atoms with van der Waals surface area (Å²) in [5.41, 5.74) is 1.24. The van der Waals surface area contributed by atoms with E-state index in [4.69, 9.17) is 0 Å². The Kier molecular flexibility index (Phi) is 6.71. The molecule has 1 saturated heterocycles. The molecule has 0 aromatic carbocycles. The zero-order chi connectivity index (χ0) is 15.1. The third-order valence-corrected chi connectivity index (χ3v) is 4.62. The minimum Gasteiger partial charge on any atom is -0.392 e. The molecule has 0 amide bonds. The molecule has 4 nitrogen and oxygen atoms in total. The number of nitrogens with zero attached hydrogens (tertiary/aromatic N) is 3. The van der Waals surface area contributed by atoms with E-state index in [1.54, 1.807) is 0 Å². The maximum atomic E-state index is 10.2. The average Bonchev–Trinajstić information content (AvgIpc) is 2.92. The number of aliphatic hydroxyl groups is 1. The van der Waals surface area contributed by atoms with Gasteiger partial charge in [-0.05, 0) is 57.7 Å². The number of aliphatic hydroxyl groups excluding tert-OH is 1. The fourth-order valence-corrected chi connectivity index (χ4v) is 3.36. The minimum atomic E-state index is -0.141. The zero-order valence-corrected chi connectivity index (χ0v) is 13.7. The Labute approximate surface area is 129 Å². The van der Waals surface area contributed by atoms with Crippen LogP contribution in [0.1, 0.15) is 57.4 Å². The molecule has 0 aliphatic carbocycles. The minimum absolute atomic E-state index is 0.141. The lowest BCUT2D eigenvalue weighted by molar-refractivity contribution is 0.0231. The fraction of sp³-hybridized carbons (Fsp3) is 0.824. The first kappa shape index (κ1) is 16.5. The normalized spacial score (nSPS) is 21.6. The standard InChI is InChI=1S/C17H31N3O/c1-3-17(21)16-9-5-8-11-19(16)10-6-4-7-12-20-14-15(2)13-18-20/h13-14,16-17,21H,3-12H2,1-2H3. The van der Waals surface area contributed by atoms with Crippen LogP contribution in [0.5, 0.6) is 0 Å². The van der Waals surface area contributed by atoms with Crippen molar-refractivity contribution in [1.82, 2.24) is 14.7 Å². The van der Waals surface area contributed by atoms with E-state index in [1.807, 2.05) is 10.9 Å². The molecule has 0 radical (unpaired) electrons. The van der Waals surface area contributed by atoms with Gasteiger partial charge in [0.15, 0.2) is 0 Å². The monoisotopic (exact) mass is 293 g/mol. The van der Waals surface area contributed by atoms with Gasteiger partial charge in [0.2, 0.25) is 0 Å². The van der Waals surface area contributed by atoms with E-state index < -0.39 is 0 Å². The van der Waals surface area contributed by atoms with Crippen molar-refractivity contribution in [3.63, 3.8) is 0 Å². The molecule has 1 aromatic rings. The first-order valence-corrected chi connectivity index (χ1v) is 8.62. The molecule has 2 heterocycles. The fourth-order valence-electron chi connectivity index (χ4n) is 3.36. The van der Waals surface area contributed by atoms with Gasteiger partial charge >= 0.3 is 0 Å². The van der Waals surface area contributed by atoms with Crippen molar-refractivity contribution in [2.45, 2.75) is 77.5 Å². The van der Waals surface area contributed by atoms with Crippen LogP contribution >= 0.6 is 0 Å². The van der Waals surface area contributed by atoms with Crippen molar-refractivity contribution < 1.29 is 5.11 Å². The van der Waals surface area contributed by atoms with E-state index in [0.29, 0.717) is 6.04 Å². The summed E-state index contributed by atoms with van der Waals surface area (Å²) in [7, 11) is 0. The summed E-state index contributed by atoms with van der Waals surface area (Å²) in [5.74, 6) is 0. The van der Waals surface area contributed by atoms with E-state index in [-0.39, 0.29) is 6.10 Å². The smallest absolute Gasteiger partial charge is 0.0692 e. The number of unbranched alkanes of at least 4 members (excludes halogenated alkanes) is 2. The van der Waals surface area contributed by atoms with E-state index in [1.165, 1.54) is 50.6 Å². The van der Waals surface area contributed by atoms with Gasteiger partial charge in [-0.25, -0.2) is 0 Å². The van der Waals surface area contributed by atoms with Gasteiger partial charge in [-0.1, -0.05) is 19.8 Å². The third-order valence-electron chi connectivity index (χ3n) is 4.62. The molecule has 1 aromatic heterocycles. The molecule has 21 heavy (non-hydrogen) atoms. The summed E-state index contributed by atoms with van der Waals surface area (Å²) < 4.78 is 2.04. The van der Waals surface area contributed by atoms with Crippen molar-refractivity contribution >= 4 is 0 Å². The van der Waals surface area contributed by atoms with Crippen LogP contribution in [0.3, 0.4) is 0 Å². The molecular weight excluding hydrogens is 262 g/mol. The Morgan fingerprint density at radius 3 is 2.81 bits per heavy atom. The molecule has 0 spiro atoms. The van der Waals surface area contributed by atoms with Crippen LogP contribution in [-0.4, -0.2) is 45.0 Å². The van der Waals surface area contributed by atoms with Crippen LogP contribution < -0.4 is 0 Å². The lowest BCUT2D eigenvalue weighted by atomic mass is 9.95. The number of aryl methyl sites for hydroxylation is 2. The number of hydrogen-bond donors (Lipinski definition) is 1. The largest absolute Gasteiger partial charge is 0.392 e. The number of likely N-dealkylation sites (tertiary alicyclic amines) is 1. The highest BCUT2D eigenvalue weighted by atomic mass is 16.3. The topological polar surface area (TPSA) is 41.3 Å². The Balaban J connectivity index is 1.64. The Bertz CT molecular complexity index is 404. The van der Waals surface area contributed by atoms with Crippen LogP contribution in [0.25, 0.3) is 0 Å². The molecule has 120 valence electrons. The Morgan fingerprint density at radius 2 is 2.10 bits per heavy atom. The molecule has 1 N–H and O–H groups in total. The van der Waals surface area contributed by atoms with E-state index in [2.05, 4.69) is 30.0 Å². The predicted molar refractivity (Wildman–Crippen MR) is 86.3 cm³/mol. The second-order valence-corrected chi connectivity index (χ2v) is 6.42. The first-order valence-electron chi connectivity index (χ1n) is 8.62. The second kappa shape index (κ2) is 8.54. The van der Waals surface area contributed by atoms with Crippen LogP contribution in [-0.2, 0) is 6.54 Å². The van der Waals surface area contributed by atoms with Gasteiger partial charge in [-0.3, -0.25) is 9.58 Å². The summed E-state index contributed by atoms with van der Waals surface area (Å²) in [5, 5.41) is 14.5. The van der Waals surface area contributed by atoms with Crippen LogP contribution in [0, 0.1) is 6.92 Å². The highest BCUT2D eigenvalue weighted by Crippen LogP contribution is 2.21. The van der Waals surface area contributed by atoms with Crippen molar-refractivity contribution in [3.8, 4) is 0 Å². The van der Waals surface area contributed by atoms with Gasteiger partial charge in [0, 0.05) is 18.8 Å². The van der Waals surface area contributed by atoms with Crippen LogP contribution in [0.2, 0.25) is 0 Å². The summed E-state index contributed by atoms with van der Waals surface area (Å²) >= 11 is 0. The van der Waals surface area contributed by atoms with E-state index >= 15 is 0 Å². The molecule has 0 saturated carbocycles. The molecule has 1 aliphatic heterocycles. The lowest BCUT2D eigenvalue weighted by Gasteiger charge is -2.38. The SMILES string of the molecule is CCC(O)C1CCCCN1CCCCCn1cc(C)cn1. The Hall–Kier alpha value is -0.870. The quantitative estimate of drug-likeness (QED) is 0.749. The van der Waals surface area contributed by atoms with Gasteiger partial charge in [-0.2, -0.15) is 5.10 Å². The summed E-state index contributed by atoms with van der Waals surface area (Å²) in [6.45, 7) is 7.50. The molecule has 0 bridgehead atoms. The average molecular weight is 293 g/mol. The molecule has 4 heteroatoms. The van der Waals surface area contributed by atoms with Gasteiger partial charge in [0.1, 0.15) is 0 Å². The van der Waals surface area contributed by atoms with Crippen molar-refractivity contribution in [2.24, 2.45) is 0 Å². The van der Waals surface area contributed by atoms with Gasteiger partial charge in [0.05, 0.1) is 12.3 Å². The van der Waals surface area contributed by atoms with E-state index in [9.17, 15) is 5.11 Å². The summed E-state index contributed by atoms with van der Waals surface area (Å²) in [4.78, 5) is 2.52. The van der Waals surface area contributed by atoms with Gasteiger partial charge in [0.25, 0.3) is 0 Å². The maximum absolute atomic E-state index is 10.2. The molecule has 1 fully saturated rings. The van der Waals surface area contributed by atoms with Crippen molar-refractivity contribution in [1.29, 1.82) is 0 Å². The highest BCUT2D eigenvalue weighted by molar-refractivity contribution is 4.99.